The molecule has 0 bridgehead atoms. The Kier molecular flexibility index (Phi) is 4.75. The third kappa shape index (κ3) is 3.43. The summed E-state index contributed by atoms with van der Waals surface area (Å²) in [5, 5.41) is 13.9. The Morgan fingerprint density at radius 1 is 1.16 bits per heavy atom. The van der Waals surface area contributed by atoms with Crippen molar-refractivity contribution in [1.82, 2.24) is 15.0 Å². The van der Waals surface area contributed by atoms with E-state index >= 15 is 0 Å². The van der Waals surface area contributed by atoms with Crippen LogP contribution in [0.25, 0.3) is 11.2 Å². The largest absolute Gasteiger partial charge is 0.456 e. The maximum atomic E-state index is 9.89. The third-order valence-electron chi connectivity index (χ3n) is 6.33. The van der Waals surface area contributed by atoms with Crippen LogP contribution in [0.2, 0.25) is 5.02 Å². The minimum atomic E-state index is -0.617. The molecule has 6 rings (SSSR count). The summed E-state index contributed by atoms with van der Waals surface area (Å²) in [6.07, 6.45) is 1.64. The number of aromatic amines is 1. The van der Waals surface area contributed by atoms with E-state index < -0.39 is 6.10 Å². The summed E-state index contributed by atoms with van der Waals surface area (Å²) in [6.45, 7) is 0.595. The predicted molar refractivity (Wildman–Crippen MR) is 115 cm³/mol. The van der Waals surface area contributed by atoms with Crippen LogP contribution in [0.4, 0.5) is 5.82 Å². The van der Waals surface area contributed by atoms with Gasteiger partial charge in [0.1, 0.15) is 24.1 Å². The first-order valence-electron chi connectivity index (χ1n) is 10.6. The highest BCUT2D eigenvalue weighted by atomic mass is 35.5. The minimum absolute atomic E-state index is 0.167. The Hall–Kier alpha value is -2.39. The van der Waals surface area contributed by atoms with Crippen molar-refractivity contribution in [3.05, 3.63) is 46.5 Å². The molecule has 0 radical (unpaired) electrons. The smallest absolute Gasteiger partial charge is 0.296 e. The van der Waals surface area contributed by atoms with Crippen molar-refractivity contribution < 1.29 is 19.3 Å². The van der Waals surface area contributed by atoms with Gasteiger partial charge in [-0.25, -0.2) is 4.98 Å². The van der Waals surface area contributed by atoms with Crippen LogP contribution >= 0.6 is 11.6 Å². The van der Waals surface area contributed by atoms with Gasteiger partial charge in [-0.05, 0) is 36.5 Å². The third-order valence-corrected chi connectivity index (χ3v) is 6.62. The van der Waals surface area contributed by atoms with Crippen LogP contribution in [-0.2, 0) is 15.9 Å². The molecule has 3 aromatic rings. The summed E-state index contributed by atoms with van der Waals surface area (Å²) in [5.74, 6) is 0.612. The average Bonchev–Trinajstić information content (AvgIpc) is 3.46. The first-order valence-corrected chi connectivity index (χ1v) is 11.0. The molecular weight excluding hydrogens is 420 g/mol. The molecule has 3 N–H and O–H groups in total. The quantitative estimate of drug-likeness (QED) is 0.570. The average molecular weight is 443 g/mol. The zero-order valence-electron chi connectivity index (χ0n) is 16.8. The SMILES string of the molecule is O[C@@H]1CO[C@H]2[C@@H]1OC[C@H]2Oc1nc2nc(NC3CCCc4ccccc43)c(Cl)cc2[nH]1. The molecule has 8 nitrogen and oxygen atoms in total. The number of pyridine rings is 1. The molecule has 2 aliphatic heterocycles. The second-order valence-corrected chi connectivity index (χ2v) is 8.75. The standard InChI is InChI=1S/C22H23ClN4O4/c23-13-8-15-21(26-20(13)24-14-7-3-5-11-4-1-2-6-12(11)14)27-22(25-15)31-17-10-30-18-16(28)9-29-19(17)18/h1-2,4,6,8,14,16-19,28H,3,5,7,9-10H2,(H2,24,25,26,27)/t14?,16-,17-,18-,19-/m1/s1. The summed E-state index contributed by atoms with van der Waals surface area (Å²) < 4.78 is 17.2. The first-order chi connectivity index (χ1) is 15.2. The lowest BCUT2D eigenvalue weighted by molar-refractivity contribution is 0.00706. The molecule has 31 heavy (non-hydrogen) atoms. The molecule has 0 amide bonds. The van der Waals surface area contributed by atoms with Crippen molar-refractivity contribution >= 4 is 28.6 Å². The van der Waals surface area contributed by atoms with Crippen molar-refractivity contribution in [2.45, 2.75) is 49.7 Å². The number of nitrogens with zero attached hydrogens (tertiary/aromatic N) is 2. The normalized spacial score (nSPS) is 29.7. The van der Waals surface area contributed by atoms with Gasteiger partial charge >= 0.3 is 0 Å². The predicted octanol–water partition coefficient (Wildman–Crippen LogP) is 3.01. The number of halogens is 1. The van der Waals surface area contributed by atoms with Crippen molar-refractivity contribution in [2.24, 2.45) is 0 Å². The van der Waals surface area contributed by atoms with Gasteiger partial charge in [0.05, 0.1) is 29.8 Å². The molecule has 9 heteroatoms. The lowest BCUT2D eigenvalue weighted by Gasteiger charge is -2.27. The molecule has 4 heterocycles. The minimum Gasteiger partial charge on any atom is -0.456 e. The summed E-state index contributed by atoms with van der Waals surface area (Å²) in [5.41, 5.74) is 3.88. The number of nitrogens with one attached hydrogen (secondary N) is 2. The Labute approximate surface area is 183 Å². The fourth-order valence-corrected chi connectivity index (χ4v) is 5.02. The van der Waals surface area contributed by atoms with E-state index in [9.17, 15) is 5.11 Å². The molecule has 2 saturated heterocycles. The number of H-pyrrole nitrogens is 1. The van der Waals surface area contributed by atoms with Gasteiger partial charge in [0, 0.05) is 0 Å². The number of hydrogen-bond donors (Lipinski definition) is 3. The molecule has 3 aliphatic rings. The van der Waals surface area contributed by atoms with Gasteiger partial charge in [-0.2, -0.15) is 4.98 Å². The van der Waals surface area contributed by atoms with Crippen molar-refractivity contribution in [2.75, 3.05) is 18.5 Å². The van der Waals surface area contributed by atoms with Gasteiger partial charge in [0.15, 0.2) is 11.8 Å². The molecule has 0 saturated carbocycles. The van der Waals surface area contributed by atoms with Gasteiger partial charge in [-0.15, -0.1) is 0 Å². The number of rotatable bonds is 4. The summed E-state index contributed by atoms with van der Waals surface area (Å²) >= 11 is 6.54. The molecule has 1 aromatic carbocycles. The number of aromatic nitrogens is 3. The monoisotopic (exact) mass is 442 g/mol. The zero-order chi connectivity index (χ0) is 20.9. The van der Waals surface area contributed by atoms with Crippen LogP contribution in [0.15, 0.2) is 30.3 Å². The van der Waals surface area contributed by atoms with Crippen LogP contribution in [-0.4, -0.2) is 57.7 Å². The molecule has 1 unspecified atom stereocenters. The zero-order valence-corrected chi connectivity index (χ0v) is 17.5. The fraction of sp³-hybridized carbons (Fsp3) is 0.455. The van der Waals surface area contributed by atoms with Crippen molar-refractivity contribution in [1.29, 1.82) is 0 Å². The van der Waals surface area contributed by atoms with Crippen LogP contribution in [0.3, 0.4) is 0 Å². The molecule has 162 valence electrons. The Morgan fingerprint density at radius 3 is 2.97 bits per heavy atom. The van der Waals surface area contributed by atoms with Gasteiger partial charge in [0.25, 0.3) is 6.01 Å². The number of ether oxygens (including phenoxy) is 3. The van der Waals surface area contributed by atoms with E-state index in [1.807, 2.05) is 6.07 Å². The second-order valence-electron chi connectivity index (χ2n) is 8.34. The maximum absolute atomic E-state index is 9.89. The highest BCUT2D eigenvalue weighted by Crippen LogP contribution is 2.35. The summed E-state index contributed by atoms with van der Waals surface area (Å²) in [4.78, 5) is 12.3. The number of imidazole rings is 1. The van der Waals surface area contributed by atoms with Gasteiger partial charge < -0.3 is 29.6 Å². The molecule has 1 aliphatic carbocycles. The number of hydrogen-bond acceptors (Lipinski definition) is 7. The number of anilines is 1. The lowest BCUT2D eigenvalue weighted by Crippen LogP contribution is -2.34. The topological polar surface area (TPSA) is 102 Å². The number of aliphatic hydroxyl groups excluding tert-OH is 1. The molecule has 2 fully saturated rings. The van der Waals surface area contributed by atoms with Crippen LogP contribution in [0.1, 0.15) is 30.0 Å². The van der Waals surface area contributed by atoms with E-state index in [1.54, 1.807) is 0 Å². The Morgan fingerprint density at radius 2 is 2.03 bits per heavy atom. The Bertz CT molecular complexity index is 1120. The lowest BCUT2D eigenvalue weighted by atomic mass is 9.88. The van der Waals surface area contributed by atoms with E-state index in [0.29, 0.717) is 34.6 Å². The van der Waals surface area contributed by atoms with E-state index in [-0.39, 0.29) is 31.0 Å². The van der Waals surface area contributed by atoms with E-state index in [4.69, 9.17) is 25.8 Å². The van der Waals surface area contributed by atoms with Crippen molar-refractivity contribution in [3.63, 3.8) is 0 Å². The molecule has 0 spiro atoms. The van der Waals surface area contributed by atoms with Gasteiger partial charge in [-0.1, -0.05) is 35.9 Å². The van der Waals surface area contributed by atoms with Crippen molar-refractivity contribution in [3.8, 4) is 6.01 Å². The van der Waals surface area contributed by atoms with E-state index in [1.165, 1.54) is 11.1 Å². The fourth-order valence-electron chi connectivity index (χ4n) is 4.81. The van der Waals surface area contributed by atoms with E-state index in [0.717, 1.165) is 19.3 Å². The number of benzene rings is 1. The highest BCUT2D eigenvalue weighted by molar-refractivity contribution is 6.33. The van der Waals surface area contributed by atoms with Crippen LogP contribution < -0.4 is 10.1 Å². The second kappa shape index (κ2) is 7.63. The molecular formula is C22H23ClN4O4. The summed E-state index contributed by atoms with van der Waals surface area (Å²) in [6, 6.07) is 10.8. The summed E-state index contributed by atoms with van der Waals surface area (Å²) in [7, 11) is 0. The van der Waals surface area contributed by atoms with Crippen LogP contribution in [0.5, 0.6) is 6.01 Å². The van der Waals surface area contributed by atoms with Gasteiger partial charge in [0.2, 0.25) is 0 Å². The maximum Gasteiger partial charge on any atom is 0.296 e. The number of aryl methyl sites for hydroxylation is 1. The first kappa shape index (κ1) is 19.3. The highest BCUT2D eigenvalue weighted by Gasteiger charge is 2.48. The van der Waals surface area contributed by atoms with E-state index in [2.05, 4.69) is 44.5 Å². The van der Waals surface area contributed by atoms with Crippen LogP contribution in [0, 0.1) is 0 Å². The number of fused-ring (bicyclic) bond motifs is 3. The number of aliphatic hydroxyl groups is 1. The molecule has 2 aromatic heterocycles. The van der Waals surface area contributed by atoms with Gasteiger partial charge in [-0.3, -0.25) is 0 Å². The Balaban J connectivity index is 1.23. The molecule has 5 atom stereocenters.